The Hall–Kier alpha value is -2.63. The number of amides is 3. The number of hydrogen-bond acceptors (Lipinski definition) is 3. The molecule has 0 aliphatic carbocycles. The van der Waals surface area contributed by atoms with Crippen molar-refractivity contribution in [2.75, 3.05) is 0 Å². The Morgan fingerprint density at radius 2 is 2.09 bits per heavy atom. The number of urea groups is 1. The Morgan fingerprint density at radius 1 is 1.30 bits per heavy atom. The van der Waals surface area contributed by atoms with Crippen molar-refractivity contribution >= 4 is 29.1 Å². The van der Waals surface area contributed by atoms with E-state index in [0.717, 1.165) is 27.9 Å². The van der Waals surface area contributed by atoms with E-state index in [4.69, 9.17) is 0 Å². The summed E-state index contributed by atoms with van der Waals surface area (Å²) in [6, 6.07) is 5.58. The number of fused-ring (bicyclic) bond motifs is 1. The van der Waals surface area contributed by atoms with Crippen molar-refractivity contribution in [1.82, 2.24) is 15.3 Å². The van der Waals surface area contributed by atoms with Crippen molar-refractivity contribution in [1.29, 1.82) is 0 Å². The van der Waals surface area contributed by atoms with Crippen LogP contribution in [-0.2, 0) is 11.2 Å². The van der Waals surface area contributed by atoms with Gasteiger partial charge in [-0.3, -0.25) is 4.79 Å². The zero-order valence-corrected chi connectivity index (χ0v) is 13.5. The number of nitrogens with zero attached hydrogens (tertiary/aromatic N) is 2. The van der Waals surface area contributed by atoms with Crippen LogP contribution in [0.15, 0.2) is 29.5 Å². The van der Waals surface area contributed by atoms with E-state index in [1.165, 1.54) is 5.56 Å². The third-order valence-electron chi connectivity index (χ3n) is 4.47. The van der Waals surface area contributed by atoms with E-state index in [2.05, 4.69) is 28.4 Å². The van der Waals surface area contributed by atoms with Gasteiger partial charge in [-0.25, -0.2) is 4.79 Å². The predicted octanol–water partition coefficient (Wildman–Crippen LogP) is 2.78. The molecule has 1 aromatic carbocycles. The SMILES string of the molecule is CCc1cccc2c(C=NN3C(=O)NC(C)(CC)C3=O)c[nH]c12. The second-order valence-corrected chi connectivity index (χ2v) is 5.91. The van der Waals surface area contributed by atoms with Crippen LogP contribution in [0.4, 0.5) is 4.79 Å². The summed E-state index contributed by atoms with van der Waals surface area (Å²) >= 11 is 0. The van der Waals surface area contributed by atoms with Gasteiger partial charge in [0.15, 0.2) is 0 Å². The molecule has 6 nitrogen and oxygen atoms in total. The Kier molecular flexibility index (Phi) is 3.67. The second-order valence-electron chi connectivity index (χ2n) is 5.91. The van der Waals surface area contributed by atoms with Crippen LogP contribution in [-0.4, -0.2) is 33.7 Å². The fourth-order valence-electron chi connectivity index (χ4n) is 2.77. The van der Waals surface area contributed by atoms with Crippen molar-refractivity contribution in [3.63, 3.8) is 0 Å². The van der Waals surface area contributed by atoms with Crippen LogP contribution in [0.25, 0.3) is 10.9 Å². The topological polar surface area (TPSA) is 77.6 Å². The second kappa shape index (κ2) is 5.53. The van der Waals surface area contributed by atoms with Gasteiger partial charge in [-0.05, 0) is 25.3 Å². The molecular weight excluding hydrogens is 292 g/mol. The van der Waals surface area contributed by atoms with Gasteiger partial charge in [0.2, 0.25) is 0 Å². The van der Waals surface area contributed by atoms with Crippen molar-refractivity contribution in [3.05, 3.63) is 35.5 Å². The molecule has 0 bridgehead atoms. The molecule has 3 amide bonds. The molecule has 1 saturated heterocycles. The molecule has 1 aliphatic heterocycles. The summed E-state index contributed by atoms with van der Waals surface area (Å²) in [7, 11) is 0. The number of aryl methyl sites for hydroxylation is 1. The summed E-state index contributed by atoms with van der Waals surface area (Å²) in [6.07, 6.45) is 4.84. The van der Waals surface area contributed by atoms with E-state index >= 15 is 0 Å². The molecule has 2 N–H and O–H groups in total. The first-order valence-corrected chi connectivity index (χ1v) is 7.80. The lowest BCUT2D eigenvalue weighted by Gasteiger charge is -2.17. The highest BCUT2D eigenvalue weighted by Crippen LogP contribution is 2.23. The van der Waals surface area contributed by atoms with E-state index < -0.39 is 11.6 Å². The molecule has 3 rings (SSSR count). The van der Waals surface area contributed by atoms with Gasteiger partial charge in [0.05, 0.1) is 6.21 Å². The number of hydrazone groups is 1. The first kappa shape index (κ1) is 15.3. The number of rotatable bonds is 4. The van der Waals surface area contributed by atoms with Crippen molar-refractivity contribution in [2.24, 2.45) is 5.10 Å². The quantitative estimate of drug-likeness (QED) is 0.672. The number of nitrogens with one attached hydrogen (secondary N) is 2. The third-order valence-corrected chi connectivity index (χ3v) is 4.47. The molecule has 6 heteroatoms. The predicted molar refractivity (Wildman–Crippen MR) is 89.3 cm³/mol. The largest absolute Gasteiger partial charge is 0.360 e. The number of para-hydroxylation sites is 1. The van der Waals surface area contributed by atoms with Crippen molar-refractivity contribution in [2.45, 2.75) is 39.2 Å². The molecule has 1 unspecified atom stereocenters. The molecule has 1 aliphatic rings. The van der Waals surface area contributed by atoms with Gasteiger partial charge in [-0.1, -0.05) is 32.0 Å². The molecule has 0 radical (unpaired) electrons. The van der Waals surface area contributed by atoms with Gasteiger partial charge in [0.1, 0.15) is 5.54 Å². The van der Waals surface area contributed by atoms with Gasteiger partial charge in [-0.15, -0.1) is 5.01 Å². The van der Waals surface area contributed by atoms with Crippen LogP contribution < -0.4 is 5.32 Å². The third kappa shape index (κ3) is 2.40. The summed E-state index contributed by atoms with van der Waals surface area (Å²) in [5.41, 5.74) is 2.26. The van der Waals surface area contributed by atoms with E-state index in [1.807, 2.05) is 25.3 Å². The Morgan fingerprint density at radius 3 is 2.74 bits per heavy atom. The van der Waals surface area contributed by atoms with Crippen LogP contribution in [0.1, 0.15) is 38.3 Å². The molecular formula is C17H20N4O2. The lowest BCUT2D eigenvalue weighted by Crippen LogP contribution is -2.42. The molecule has 1 fully saturated rings. The minimum Gasteiger partial charge on any atom is -0.360 e. The first-order valence-electron chi connectivity index (χ1n) is 7.80. The van der Waals surface area contributed by atoms with Gasteiger partial charge in [0.25, 0.3) is 5.91 Å². The van der Waals surface area contributed by atoms with E-state index in [-0.39, 0.29) is 5.91 Å². The number of aromatic amines is 1. The summed E-state index contributed by atoms with van der Waals surface area (Å²) in [6.45, 7) is 5.67. The Bertz CT molecular complexity index is 808. The molecule has 0 spiro atoms. The highest BCUT2D eigenvalue weighted by atomic mass is 16.2. The summed E-state index contributed by atoms with van der Waals surface area (Å²) < 4.78 is 0. The van der Waals surface area contributed by atoms with Crippen LogP contribution in [0.5, 0.6) is 0 Å². The maximum Gasteiger partial charge on any atom is 0.346 e. The maximum absolute atomic E-state index is 12.3. The molecule has 2 heterocycles. The normalized spacial score (nSPS) is 21.6. The van der Waals surface area contributed by atoms with E-state index in [9.17, 15) is 9.59 Å². The minimum absolute atomic E-state index is 0.324. The summed E-state index contributed by atoms with van der Waals surface area (Å²) in [4.78, 5) is 27.5. The highest BCUT2D eigenvalue weighted by molar-refractivity contribution is 6.08. The van der Waals surface area contributed by atoms with Crippen LogP contribution in [0.2, 0.25) is 0 Å². The average Bonchev–Trinajstić information content (AvgIpc) is 3.06. The summed E-state index contributed by atoms with van der Waals surface area (Å²) in [5.74, 6) is -0.324. The van der Waals surface area contributed by atoms with Crippen molar-refractivity contribution < 1.29 is 9.59 Å². The number of aromatic nitrogens is 1. The zero-order chi connectivity index (χ0) is 16.6. The van der Waals surface area contributed by atoms with Gasteiger partial charge < -0.3 is 10.3 Å². The zero-order valence-electron chi connectivity index (χ0n) is 13.5. The number of carbonyl (C=O) groups excluding carboxylic acids is 2. The molecule has 1 atom stereocenters. The van der Waals surface area contributed by atoms with Gasteiger partial charge in [-0.2, -0.15) is 5.10 Å². The minimum atomic E-state index is -0.871. The van der Waals surface area contributed by atoms with Crippen LogP contribution in [0, 0.1) is 0 Å². The monoisotopic (exact) mass is 312 g/mol. The number of benzene rings is 1. The first-order chi connectivity index (χ1) is 11.0. The maximum atomic E-state index is 12.3. The number of H-pyrrole nitrogens is 1. The number of hydrogen-bond donors (Lipinski definition) is 2. The van der Waals surface area contributed by atoms with Gasteiger partial charge in [0, 0.05) is 22.7 Å². The molecule has 23 heavy (non-hydrogen) atoms. The lowest BCUT2D eigenvalue weighted by molar-refractivity contribution is -0.130. The van der Waals surface area contributed by atoms with Crippen molar-refractivity contribution in [3.8, 4) is 0 Å². The van der Waals surface area contributed by atoms with Crippen LogP contribution >= 0.6 is 0 Å². The highest BCUT2D eigenvalue weighted by Gasteiger charge is 2.46. The molecule has 0 saturated carbocycles. The van der Waals surface area contributed by atoms with E-state index in [0.29, 0.717) is 6.42 Å². The smallest absolute Gasteiger partial charge is 0.346 e. The molecule has 2 aromatic rings. The van der Waals surface area contributed by atoms with E-state index in [1.54, 1.807) is 13.1 Å². The van der Waals surface area contributed by atoms with Crippen LogP contribution in [0.3, 0.4) is 0 Å². The molecule has 120 valence electrons. The van der Waals surface area contributed by atoms with Gasteiger partial charge >= 0.3 is 6.03 Å². The number of imide groups is 1. The Balaban J connectivity index is 1.92. The lowest BCUT2D eigenvalue weighted by atomic mass is 10.00. The fraction of sp³-hybridized carbons (Fsp3) is 0.353. The fourth-order valence-corrected chi connectivity index (χ4v) is 2.77. The Labute approximate surface area is 134 Å². The molecule has 1 aromatic heterocycles. The standard InChI is InChI=1S/C17H20N4O2/c1-4-11-7-6-8-13-12(9-18-14(11)13)10-19-21-15(22)17(3,5-2)20-16(21)23/h6-10,18H,4-5H2,1-3H3,(H,20,23). The average molecular weight is 312 g/mol. The number of carbonyl (C=O) groups is 2. The summed E-state index contributed by atoms with van der Waals surface area (Å²) in [5, 5.41) is 8.72.